The molecule has 0 unspecified atom stereocenters. The van der Waals surface area contributed by atoms with Crippen molar-refractivity contribution in [1.82, 2.24) is 0 Å². The zero-order chi connectivity index (χ0) is 8.15. The maximum Gasteiger partial charge on any atom is 0.0832 e. The van der Waals surface area contributed by atoms with Crippen LogP contribution in [-0.4, -0.2) is 6.21 Å². The molecule has 0 fully saturated rings. The first-order chi connectivity index (χ1) is 4.59. The van der Waals surface area contributed by atoms with E-state index in [0.717, 1.165) is 11.3 Å². The van der Waals surface area contributed by atoms with Gasteiger partial charge in [0, 0.05) is 11.9 Å². The van der Waals surface area contributed by atoms with Crippen LogP contribution < -0.4 is 5.73 Å². The molecule has 0 aromatic carbocycles. The van der Waals surface area contributed by atoms with Gasteiger partial charge >= 0.3 is 0 Å². The van der Waals surface area contributed by atoms with E-state index in [2.05, 4.69) is 11.6 Å². The summed E-state index contributed by atoms with van der Waals surface area (Å²) < 4.78 is 0. The molecular formula is C8H14N2. The van der Waals surface area contributed by atoms with Crippen LogP contribution in [0.2, 0.25) is 0 Å². The molecule has 0 amide bonds. The Hall–Kier alpha value is -1.05. The third-order valence-corrected chi connectivity index (χ3v) is 1.04. The van der Waals surface area contributed by atoms with E-state index in [1.807, 2.05) is 20.8 Å². The molecule has 0 spiro atoms. The molecule has 0 aliphatic rings. The first-order valence-corrected chi connectivity index (χ1v) is 3.20. The van der Waals surface area contributed by atoms with Gasteiger partial charge in [-0.1, -0.05) is 6.58 Å². The molecule has 0 rings (SSSR count). The molecule has 0 aromatic rings. The van der Waals surface area contributed by atoms with E-state index in [4.69, 9.17) is 5.73 Å². The fourth-order valence-corrected chi connectivity index (χ4v) is 0.678. The molecule has 2 heteroatoms. The van der Waals surface area contributed by atoms with Crippen molar-refractivity contribution in [2.24, 2.45) is 10.7 Å². The van der Waals surface area contributed by atoms with E-state index in [1.165, 1.54) is 0 Å². The van der Waals surface area contributed by atoms with Gasteiger partial charge in [-0.3, -0.25) is 4.99 Å². The van der Waals surface area contributed by atoms with Crippen LogP contribution in [-0.2, 0) is 0 Å². The highest BCUT2D eigenvalue weighted by atomic mass is 14.8. The lowest BCUT2D eigenvalue weighted by Gasteiger charge is -2.00. The third-order valence-electron chi connectivity index (χ3n) is 1.04. The van der Waals surface area contributed by atoms with Gasteiger partial charge in [-0.2, -0.15) is 0 Å². The molecule has 0 radical (unpaired) electrons. The SMILES string of the molecule is C=C(C)/C(N=CC)=C(\C)N. The lowest BCUT2D eigenvalue weighted by Crippen LogP contribution is -1.97. The maximum absolute atomic E-state index is 5.53. The molecule has 0 bridgehead atoms. The quantitative estimate of drug-likeness (QED) is 0.459. The topological polar surface area (TPSA) is 38.4 Å². The zero-order valence-corrected chi connectivity index (χ0v) is 6.81. The highest BCUT2D eigenvalue weighted by Crippen LogP contribution is 2.09. The van der Waals surface area contributed by atoms with Crippen molar-refractivity contribution in [1.29, 1.82) is 0 Å². The van der Waals surface area contributed by atoms with Gasteiger partial charge < -0.3 is 5.73 Å². The van der Waals surface area contributed by atoms with Gasteiger partial charge in [0.1, 0.15) is 0 Å². The van der Waals surface area contributed by atoms with E-state index >= 15 is 0 Å². The lowest BCUT2D eigenvalue weighted by atomic mass is 10.2. The molecule has 2 N–H and O–H groups in total. The van der Waals surface area contributed by atoms with E-state index in [0.29, 0.717) is 5.70 Å². The van der Waals surface area contributed by atoms with Crippen molar-refractivity contribution in [3.63, 3.8) is 0 Å². The van der Waals surface area contributed by atoms with Crippen LogP contribution in [0.5, 0.6) is 0 Å². The second kappa shape index (κ2) is 3.88. The van der Waals surface area contributed by atoms with Crippen LogP contribution in [0.15, 0.2) is 28.5 Å². The van der Waals surface area contributed by atoms with Crippen molar-refractivity contribution >= 4 is 6.21 Å². The van der Waals surface area contributed by atoms with Gasteiger partial charge in [0.15, 0.2) is 0 Å². The van der Waals surface area contributed by atoms with Crippen molar-refractivity contribution in [3.05, 3.63) is 23.5 Å². The number of rotatable bonds is 2. The second-order valence-corrected chi connectivity index (χ2v) is 2.20. The average molecular weight is 138 g/mol. The fraction of sp³-hybridized carbons (Fsp3) is 0.375. The highest BCUT2D eigenvalue weighted by molar-refractivity contribution is 5.57. The first kappa shape index (κ1) is 8.95. The van der Waals surface area contributed by atoms with Gasteiger partial charge in [-0.15, -0.1) is 0 Å². The molecular weight excluding hydrogens is 124 g/mol. The predicted octanol–water partition coefficient (Wildman–Crippen LogP) is 1.84. The van der Waals surface area contributed by atoms with E-state index in [-0.39, 0.29) is 0 Å². The van der Waals surface area contributed by atoms with E-state index in [9.17, 15) is 0 Å². The minimum Gasteiger partial charge on any atom is -0.401 e. The summed E-state index contributed by atoms with van der Waals surface area (Å²) in [6.07, 6.45) is 1.71. The molecule has 2 nitrogen and oxygen atoms in total. The highest BCUT2D eigenvalue weighted by Gasteiger charge is 1.95. The Labute approximate surface area is 62.1 Å². The number of nitrogens with two attached hydrogens (primary N) is 1. The minimum atomic E-state index is 0.714. The number of hydrogen-bond donors (Lipinski definition) is 1. The van der Waals surface area contributed by atoms with Crippen LogP contribution in [0.3, 0.4) is 0 Å². The summed E-state index contributed by atoms with van der Waals surface area (Å²) in [6, 6.07) is 0. The van der Waals surface area contributed by atoms with Crippen molar-refractivity contribution < 1.29 is 0 Å². The molecule has 0 atom stereocenters. The van der Waals surface area contributed by atoms with Gasteiger partial charge in [0.05, 0.1) is 5.70 Å². The smallest absolute Gasteiger partial charge is 0.0832 e. The molecule has 0 aliphatic carbocycles. The van der Waals surface area contributed by atoms with Gasteiger partial charge in [-0.25, -0.2) is 0 Å². The third kappa shape index (κ3) is 2.49. The van der Waals surface area contributed by atoms with Crippen LogP contribution in [0.1, 0.15) is 20.8 Å². The Morgan fingerprint density at radius 3 is 2.10 bits per heavy atom. The van der Waals surface area contributed by atoms with Crippen LogP contribution in [0.25, 0.3) is 0 Å². The van der Waals surface area contributed by atoms with Gasteiger partial charge in [0.25, 0.3) is 0 Å². The number of allylic oxidation sites excluding steroid dienone is 2. The normalized spacial score (nSPS) is 13.5. The number of hydrogen-bond acceptors (Lipinski definition) is 2. The molecule has 0 aromatic heterocycles. The summed E-state index contributed by atoms with van der Waals surface area (Å²) in [4.78, 5) is 4.05. The molecule has 0 heterocycles. The summed E-state index contributed by atoms with van der Waals surface area (Å²) in [7, 11) is 0. The monoisotopic (exact) mass is 138 g/mol. The second-order valence-electron chi connectivity index (χ2n) is 2.20. The standard InChI is InChI=1S/C8H14N2/c1-5-10-8(6(2)3)7(4)9/h5H,2,9H2,1,3-4H3/b8-7-,10-5?. The molecule has 0 aliphatic heterocycles. The summed E-state index contributed by atoms with van der Waals surface area (Å²) in [5.74, 6) is 0. The van der Waals surface area contributed by atoms with Gasteiger partial charge in [-0.05, 0) is 26.3 Å². The summed E-state index contributed by atoms with van der Waals surface area (Å²) in [6.45, 7) is 9.30. The number of nitrogens with zero attached hydrogens (tertiary/aromatic N) is 1. The number of aliphatic imine (C=N–C) groups is 1. The van der Waals surface area contributed by atoms with Crippen molar-refractivity contribution in [3.8, 4) is 0 Å². The summed E-state index contributed by atoms with van der Waals surface area (Å²) in [5, 5.41) is 0. The Bertz CT molecular complexity index is 183. The summed E-state index contributed by atoms with van der Waals surface area (Å²) in [5.41, 5.74) is 7.94. The largest absolute Gasteiger partial charge is 0.401 e. The van der Waals surface area contributed by atoms with E-state index < -0.39 is 0 Å². The molecule has 0 saturated carbocycles. The fourth-order valence-electron chi connectivity index (χ4n) is 0.678. The van der Waals surface area contributed by atoms with E-state index in [1.54, 1.807) is 6.21 Å². The van der Waals surface area contributed by atoms with Crippen LogP contribution in [0, 0.1) is 0 Å². The van der Waals surface area contributed by atoms with Crippen molar-refractivity contribution in [2.45, 2.75) is 20.8 Å². The van der Waals surface area contributed by atoms with Crippen LogP contribution in [0.4, 0.5) is 0 Å². The Balaban J connectivity index is 4.61. The minimum absolute atomic E-state index is 0.714. The van der Waals surface area contributed by atoms with Gasteiger partial charge in [0.2, 0.25) is 0 Å². The van der Waals surface area contributed by atoms with Crippen LogP contribution >= 0.6 is 0 Å². The predicted molar refractivity (Wildman–Crippen MR) is 45.9 cm³/mol. The molecule has 10 heavy (non-hydrogen) atoms. The first-order valence-electron chi connectivity index (χ1n) is 3.20. The zero-order valence-electron chi connectivity index (χ0n) is 6.81. The average Bonchev–Trinajstić information content (AvgIpc) is 1.81. The molecule has 56 valence electrons. The molecule has 0 saturated heterocycles. The maximum atomic E-state index is 5.53. The van der Waals surface area contributed by atoms with Crippen molar-refractivity contribution in [2.75, 3.05) is 0 Å². The Morgan fingerprint density at radius 1 is 1.50 bits per heavy atom. The Kier molecular flexibility index (Phi) is 3.47. The summed E-state index contributed by atoms with van der Waals surface area (Å²) >= 11 is 0. The Morgan fingerprint density at radius 2 is 2.00 bits per heavy atom. The lowest BCUT2D eigenvalue weighted by molar-refractivity contribution is 1.16.